The predicted octanol–water partition coefficient (Wildman–Crippen LogP) is 3.27. The molecule has 0 aromatic heterocycles. The Hall–Kier alpha value is -0.800. The van der Waals surface area contributed by atoms with Crippen LogP contribution in [-0.4, -0.2) is 21.0 Å². The van der Waals surface area contributed by atoms with Crippen molar-refractivity contribution in [2.45, 2.75) is 12.3 Å². The second-order valence-corrected chi connectivity index (χ2v) is 5.45. The highest BCUT2D eigenvalue weighted by Crippen LogP contribution is 2.24. The highest BCUT2D eigenvalue weighted by Gasteiger charge is 2.16. The quantitative estimate of drug-likeness (QED) is 0.740. The van der Waals surface area contributed by atoms with Gasteiger partial charge < -0.3 is 4.90 Å². The van der Waals surface area contributed by atoms with Gasteiger partial charge in [0.15, 0.2) is 0 Å². The third-order valence-corrected chi connectivity index (χ3v) is 3.95. The molecule has 1 nitrogen and oxygen atoms in total. The molecule has 0 saturated carbocycles. The van der Waals surface area contributed by atoms with Crippen molar-refractivity contribution >= 4 is 28.2 Å². The molecule has 0 bridgehead atoms. The molecule has 2 rings (SSSR count). The van der Waals surface area contributed by atoms with Crippen LogP contribution in [0.2, 0.25) is 0 Å². The Labute approximate surface area is 100 Å². The summed E-state index contributed by atoms with van der Waals surface area (Å²) in [6.45, 7) is 3.23. The van der Waals surface area contributed by atoms with E-state index < -0.39 is 0 Å². The maximum absolute atomic E-state index is 5.40. The van der Waals surface area contributed by atoms with E-state index in [1.54, 1.807) is 11.8 Å². The first-order chi connectivity index (χ1) is 7.27. The molecule has 1 unspecified atom stereocenters. The van der Waals surface area contributed by atoms with Crippen molar-refractivity contribution in [2.75, 3.05) is 6.54 Å². The Morgan fingerprint density at radius 2 is 2.07 bits per heavy atom. The third kappa shape index (κ3) is 2.61. The van der Waals surface area contributed by atoms with E-state index >= 15 is 0 Å². The lowest BCUT2D eigenvalue weighted by Gasteiger charge is -2.31. The first kappa shape index (κ1) is 10.7. The molecule has 0 aliphatic carbocycles. The smallest absolute Gasteiger partial charge is 0.0798 e. The zero-order valence-electron chi connectivity index (χ0n) is 8.59. The molecule has 0 N–H and O–H groups in total. The van der Waals surface area contributed by atoms with Crippen LogP contribution in [0, 0.1) is 0 Å². The molecule has 1 atom stereocenters. The first-order valence-electron chi connectivity index (χ1n) is 4.96. The summed E-state index contributed by atoms with van der Waals surface area (Å²) in [5.41, 5.74) is 1.15. The van der Waals surface area contributed by atoms with E-state index in [0.29, 0.717) is 5.37 Å². The van der Waals surface area contributed by atoms with E-state index in [1.807, 2.05) is 18.2 Å². The largest absolute Gasteiger partial charge is 0.362 e. The van der Waals surface area contributed by atoms with Gasteiger partial charge in [-0.2, -0.15) is 0 Å². The number of thiocarbonyl (C=S) groups is 1. The summed E-state index contributed by atoms with van der Waals surface area (Å²) >= 11 is 7.14. The molecule has 15 heavy (non-hydrogen) atoms. The second kappa shape index (κ2) is 4.81. The molecule has 1 aliphatic heterocycles. The highest BCUT2D eigenvalue weighted by atomic mass is 32.2. The van der Waals surface area contributed by atoms with E-state index in [9.17, 15) is 0 Å². The van der Waals surface area contributed by atoms with Gasteiger partial charge in [-0.05, 0) is 24.8 Å². The maximum Gasteiger partial charge on any atom is 0.0798 e. The minimum Gasteiger partial charge on any atom is -0.362 e. The topological polar surface area (TPSA) is 3.24 Å². The van der Waals surface area contributed by atoms with Crippen molar-refractivity contribution in [3.63, 3.8) is 0 Å². The number of nitrogens with zero attached hydrogens (tertiary/aromatic N) is 1. The van der Waals surface area contributed by atoms with Crippen molar-refractivity contribution in [3.8, 4) is 0 Å². The fourth-order valence-corrected chi connectivity index (χ4v) is 2.79. The highest BCUT2D eigenvalue weighted by molar-refractivity contribution is 8.24. The van der Waals surface area contributed by atoms with Crippen LogP contribution in [0.15, 0.2) is 42.6 Å². The van der Waals surface area contributed by atoms with E-state index in [-0.39, 0.29) is 0 Å². The van der Waals surface area contributed by atoms with Gasteiger partial charge in [0.1, 0.15) is 0 Å². The zero-order valence-corrected chi connectivity index (χ0v) is 10.2. The fraction of sp³-hybridized carbons (Fsp3) is 0.250. The summed E-state index contributed by atoms with van der Waals surface area (Å²) in [4.78, 5) is 2.28. The molecule has 1 aromatic carbocycles. The number of rotatable bonds is 3. The van der Waals surface area contributed by atoms with Crippen LogP contribution >= 0.6 is 24.0 Å². The van der Waals surface area contributed by atoms with Gasteiger partial charge >= 0.3 is 0 Å². The zero-order chi connectivity index (χ0) is 10.7. The molecule has 1 aromatic rings. The Bertz CT molecular complexity index is 372. The number of hydrogen-bond donors (Lipinski definition) is 0. The standard InChI is InChI=1S/C12H13NS2/c1-10(13-8-5-9-13)15-12(14)11-6-3-2-4-7-11/h2-8,10H,9H2,1H3. The summed E-state index contributed by atoms with van der Waals surface area (Å²) in [6.07, 6.45) is 4.27. The Morgan fingerprint density at radius 3 is 2.60 bits per heavy atom. The Kier molecular flexibility index (Phi) is 3.44. The average molecular weight is 235 g/mol. The Balaban J connectivity index is 1.95. The SMILES string of the molecule is CC(SC(=S)c1ccccc1)N1C=CC1. The van der Waals surface area contributed by atoms with Gasteiger partial charge in [-0.15, -0.1) is 0 Å². The van der Waals surface area contributed by atoms with Crippen molar-refractivity contribution in [2.24, 2.45) is 0 Å². The molecular formula is C12H13NS2. The van der Waals surface area contributed by atoms with E-state index in [0.717, 1.165) is 16.3 Å². The summed E-state index contributed by atoms with van der Waals surface area (Å²) in [5, 5.41) is 0.433. The van der Waals surface area contributed by atoms with E-state index in [4.69, 9.17) is 12.2 Å². The molecule has 0 spiro atoms. The number of benzene rings is 1. The molecule has 1 heterocycles. The van der Waals surface area contributed by atoms with Crippen molar-refractivity contribution < 1.29 is 0 Å². The van der Waals surface area contributed by atoms with Gasteiger partial charge in [-0.25, -0.2) is 0 Å². The third-order valence-electron chi connectivity index (χ3n) is 2.37. The maximum atomic E-state index is 5.40. The van der Waals surface area contributed by atoms with Gasteiger partial charge in [0.2, 0.25) is 0 Å². The molecule has 0 radical (unpaired) electrons. The molecule has 78 valence electrons. The number of hydrogen-bond acceptors (Lipinski definition) is 3. The van der Waals surface area contributed by atoms with Crippen LogP contribution < -0.4 is 0 Å². The van der Waals surface area contributed by atoms with E-state index in [1.165, 1.54) is 0 Å². The van der Waals surface area contributed by atoms with Crippen LogP contribution in [0.25, 0.3) is 0 Å². The molecular weight excluding hydrogens is 222 g/mol. The molecule has 0 saturated heterocycles. The van der Waals surface area contributed by atoms with Gasteiger partial charge in [0.05, 0.1) is 9.57 Å². The predicted molar refractivity (Wildman–Crippen MR) is 71.0 cm³/mol. The van der Waals surface area contributed by atoms with Crippen molar-refractivity contribution in [3.05, 3.63) is 48.2 Å². The number of thioether (sulfide) groups is 1. The lowest BCUT2D eigenvalue weighted by Crippen LogP contribution is -2.32. The molecule has 3 heteroatoms. The lowest BCUT2D eigenvalue weighted by atomic mass is 10.2. The molecule has 0 fully saturated rings. The average Bonchev–Trinajstić information content (AvgIpc) is 2.16. The van der Waals surface area contributed by atoms with Crippen LogP contribution in [0.5, 0.6) is 0 Å². The van der Waals surface area contributed by atoms with Crippen molar-refractivity contribution in [1.29, 1.82) is 0 Å². The van der Waals surface area contributed by atoms with Crippen LogP contribution in [0.4, 0.5) is 0 Å². The van der Waals surface area contributed by atoms with Gasteiger partial charge in [-0.3, -0.25) is 0 Å². The minimum absolute atomic E-state index is 0.433. The normalized spacial score (nSPS) is 15.9. The summed E-state index contributed by atoms with van der Waals surface area (Å²) in [7, 11) is 0. The van der Waals surface area contributed by atoms with Crippen LogP contribution in [0.3, 0.4) is 0 Å². The van der Waals surface area contributed by atoms with Gasteiger partial charge in [0.25, 0.3) is 0 Å². The van der Waals surface area contributed by atoms with E-state index in [2.05, 4.69) is 36.2 Å². The Morgan fingerprint density at radius 1 is 1.40 bits per heavy atom. The molecule has 0 amide bonds. The molecule has 1 aliphatic rings. The van der Waals surface area contributed by atoms with Crippen molar-refractivity contribution in [1.82, 2.24) is 4.90 Å². The summed E-state index contributed by atoms with van der Waals surface area (Å²) < 4.78 is 0.975. The van der Waals surface area contributed by atoms with Crippen LogP contribution in [-0.2, 0) is 0 Å². The monoisotopic (exact) mass is 235 g/mol. The summed E-state index contributed by atoms with van der Waals surface area (Å²) in [5.74, 6) is 0. The fourth-order valence-electron chi connectivity index (χ4n) is 1.36. The first-order valence-corrected chi connectivity index (χ1v) is 6.24. The van der Waals surface area contributed by atoms with Crippen LogP contribution in [0.1, 0.15) is 12.5 Å². The lowest BCUT2D eigenvalue weighted by molar-refractivity contribution is 0.370. The van der Waals surface area contributed by atoms with Gasteiger partial charge in [-0.1, -0.05) is 54.3 Å². The minimum atomic E-state index is 0.433. The summed E-state index contributed by atoms with van der Waals surface area (Å²) in [6, 6.07) is 10.2. The second-order valence-electron chi connectivity index (χ2n) is 3.45. The van der Waals surface area contributed by atoms with Gasteiger partial charge in [0, 0.05) is 6.54 Å².